The molecule has 1 heterocycles. The van der Waals surface area contributed by atoms with Crippen LogP contribution in [0.15, 0.2) is 18.3 Å². The van der Waals surface area contributed by atoms with Gasteiger partial charge in [0.25, 0.3) is 0 Å². The third-order valence-corrected chi connectivity index (χ3v) is 3.67. The van der Waals surface area contributed by atoms with Crippen molar-refractivity contribution in [2.24, 2.45) is 11.8 Å². The van der Waals surface area contributed by atoms with E-state index in [4.69, 9.17) is 5.26 Å². The molecule has 0 spiro atoms. The number of aromatic nitrogens is 1. The third kappa shape index (κ3) is 3.44. The van der Waals surface area contributed by atoms with Gasteiger partial charge in [-0.1, -0.05) is 12.8 Å². The summed E-state index contributed by atoms with van der Waals surface area (Å²) < 4.78 is 0. The van der Waals surface area contributed by atoms with Gasteiger partial charge in [0.1, 0.15) is 11.8 Å². The zero-order valence-electron chi connectivity index (χ0n) is 10.7. The number of hydrogen-bond donors (Lipinski definition) is 2. The number of nitrogens with zero attached hydrogens (tertiary/aromatic N) is 2. The number of nitrogens with one attached hydrogen (secondary N) is 1. The Hall–Kier alpha value is -2.09. The highest BCUT2D eigenvalue weighted by Gasteiger charge is 2.30. The van der Waals surface area contributed by atoms with E-state index < -0.39 is 5.97 Å². The standard InChI is InChI=1S/C14H17N3O2/c15-7-11-5-6-12(9-17-11)16-8-10-3-1-2-4-13(10)14(18)19/h5-6,9-10,13,16H,1-4,8H2,(H,18,19). The van der Waals surface area contributed by atoms with Gasteiger partial charge in [-0.3, -0.25) is 4.79 Å². The SMILES string of the molecule is N#Cc1ccc(NCC2CCCCC2C(=O)O)cn1. The van der Waals surface area contributed by atoms with E-state index in [1.807, 2.05) is 6.07 Å². The van der Waals surface area contributed by atoms with Crippen LogP contribution in [-0.4, -0.2) is 22.6 Å². The predicted octanol–water partition coefficient (Wildman–Crippen LogP) is 2.26. The van der Waals surface area contributed by atoms with Gasteiger partial charge in [0.15, 0.2) is 0 Å². The van der Waals surface area contributed by atoms with E-state index in [2.05, 4.69) is 10.3 Å². The molecule has 5 heteroatoms. The molecule has 1 aliphatic rings. The lowest BCUT2D eigenvalue weighted by atomic mass is 9.79. The maximum Gasteiger partial charge on any atom is 0.306 e. The van der Waals surface area contributed by atoms with Gasteiger partial charge in [0.2, 0.25) is 0 Å². The molecule has 0 aromatic carbocycles. The Morgan fingerprint density at radius 1 is 1.47 bits per heavy atom. The smallest absolute Gasteiger partial charge is 0.306 e. The fourth-order valence-electron chi connectivity index (χ4n) is 2.59. The summed E-state index contributed by atoms with van der Waals surface area (Å²) in [5.41, 5.74) is 1.21. The lowest BCUT2D eigenvalue weighted by Gasteiger charge is -2.28. The molecule has 2 rings (SSSR count). The molecule has 0 amide bonds. The molecule has 2 unspecified atom stereocenters. The lowest BCUT2D eigenvalue weighted by Crippen LogP contribution is -2.31. The van der Waals surface area contributed by atoms with E-state index in [-0.39, 0.29) is 11.8 Å². The molecule has 2 atom stereocenters. The summed E-state index contributed by atoms with van der Waals surface area (Å²) in [6.45, 7) is 0.643. The number of nitriles is 1. The highest BCUT2D eigenvalue weighted by Crippen LogP contribution is 2.30. The summed E-state index contributed by atoms with van der Waals surface area (Å²) in [5.74, 6) is -0.765. The normalized spacial score (nSPS) is 22.5. The average Bonchev–Trinajstić information content (AvgIpc) is 2.46. The molecule has 5 nitrogen and oxygen atoms in total. The number of carboxylic acids is 1. The first kappa shape index (κ1) is 13.3. The maximum atomic E-state index is 11.2. The fourth-order valence-corrected chi connectivity index (χ4v) is 2.59. The number of rotatable bonds is 4. The molecule has 0 radical (unpaired) electrons. The number of carboxylic acid groups (broad SMARTS) is 1. The van der Waals surface area contributed by atoms with Crippen molar-refractivity contribution in [3.05, 3.63) is 24.0 Å². The van der Waals surface area contributed by atoms with Crippen LogP contribution in [0.4, 0.5) is 5.69 Å². The van der Waals surface area contributed by atoms with Crippen molar-refractivity contribution in [2.75, 3.05) is 11.9 Å². The fraction of sp³-hybridized carbons (Fsp3) is 0.500. The van der Waals surface area contributed by atoms with Gasteiger partial charge in [0, 0.05) is 6.54 Å². The van der Waals surface area contributed by atoms with E-state index in [0.29, 0.717) is 12.2 Å². The molecule has 1 aromatic heterocycles. The van der Waals surface area contributed by atoms with E-state index in [0.717, 1.165) is 31.4 Å². The molecule has 1 saturated carbocycles. The van der Waals surface area contributed by atoms with Crippen molar-refractivity contribution in [3.8, 4) is 6.07 Å². The Kier molecular flexibility index (Phi) is 4.35. The molecule has 2 N–H and O–H groups in total. The Labute approximate surface area is 112 Å². The second-order valence-corrected chi connectivity index (χ2v) is 4.91. The Bertz CT molecular complexity index is 478. The van der Waals surface area contributed by atoms with Gasteiger partial charge < -0.3 is 10.4 Å². The van der Waals surface area contributed by atoms with Crippen LogP contribution in [0.1, 0.15) is 31.4 Å². The van der Waals surface area contributed by atoms with Crippen LogP contribution in [0.2, 0.25) is 0 Å². The number of hydrogen-bond acceptors (Lipinski definition) is 4. The van der Waals surface area contributed by atoms with Crippen LogP contribution in [-0.2, 0) is 4.79 Å². The lowest BCUT2D eigenvalue weighted by molar-refractivity contribution is -0.144. The van der Waals surface area contributed by atoms with Gasteiger partial charge in [-0.2, -0.15) is 5.26 Å². The Morgan fingerprint density at radius 3 is 2.89 bits per heavy atom. The molecular weight excluding hydrogens is 242 g/mol. The molecular formula is C14H17N3O2. The molecule has 1 aromatic rings. The minimum Gasteiger partial charge on any atom is -0.481 e. The molecule has 0 aliphatic heterocycles. The van der Waals surface area contributed by atoms with Gasteiger partial charge in [-0.05, 0) is 30.9 Å². The highest BCUT2D eigenvalue weighted by atomic mass is 16.4. The first-order valence-electron chi connectivity index (χ1n) is 6.53. The summed E-state index contributed by atoms with van der Waals surface area (Å²) >= 11 is 0. The average molecular weight is 259 g/mol. The zero-order chi connectivity index (χ0) is 13.7. The van der Waals surface area contributed by atoms with E-state index in [9.17, 15) is 9.90 Å². The zero-order valence-corrected chi connectivity index (χ0v) is 10.7. The number of anilines is 1. The van der Waals surface area contributed by atoms with Crippen LogP contribution in [0.25, 0.3) is 0 Å². The van der Waals surface area contributed by atoms with Crippen LogP contribution in [0, 0.1) is 23.2 Å². The molecule has 100 valence electrons. The van der Waals surface area contributed by atoms with Gasteiger partial charge in [-0.15, -0.1) is 0 Å². The monoisotopic (exact) mass is 259 g/mol. The number of pyridine rings is 1. The highest BCUT2D eigenvalue weighted by molar-refractivity contribution is 5.70. The minimum atomic E-state index is -0.690. The van der Waals surface area contributed by atoms with Crippen molar-refractivity contribution >= 4 is 11.7 Å². The number of aliphatic carboxylic acids is 1. The maximum absolute atomic E-state index is 11.2. The number of carbonyl (C=O) groups is 1. The molecule has 1 aliphatic carbocycles. The molecule has 0 bridgehead atoms. The van der Waals surface area contributed by atoms with Crippen molar-refractivity contribution in [1.82, 2.24) is 4.98 Å². The second-order valence-electron chi connectivity index (χ2n) is 4.91. The van der Waals surface area contributed by atoms with Crippen LogP contribution >= 0.6 is 0 Å². The van der Waals surface area contributed by atoms with E-state index in [1.165, 1.54) is 0 Å². The van der Waals surface area contributed by atoms with E-state index >= 15 is 0 Å². The minimum absolute atomic E-state index is 0.168. The summed E-state index contributed by atoms with van der Waals surface area (Å²) in [4.78, 5) is 15.2. The largest absolute Gasteiger partial charge is 0.481 e. The van der Waals surface area contributed by atoms with Crippen molar-refractivity contribution < 1.29 is 9.90 Å². The Morgan fingerprint density at radius 2 is 2.26 bits per heavy atom. The van der Waals surface area contributed by atoms with Gasteiger partial charge in [0.05, 0.1) is 17.8 Å². The second kappa shape index (κ2) is 6.19. The third-order valence-electron chi connectivity index (χ3n) is 3.67. The first-order chi connectivity index (χ1) is 9.20. The topological polar surface area (TPSA) is 86.0 Å². The first-order valence-corrected chi connectivity index (χ1v) is 6.53. The van der Waals surface area contributed by atoms with Crippen LogP contribution in [0.5, 0.6) is 0 Å². The van der Waals surface area contributed by atoms with Crippen molar-refractivity contribution in [1.29, 1.82) is 5.26 Å². The van der Waals surface area contributed by atoms with Gasteiger partial charge >= 0.3 is 5.97 Å². The summed E-state index contributed by atoms with van der Waals surface area (Å²) in [7, 11) is 0. The quantitative estimate of drug-likeness (QED) is 0.866. The van der Waals surface area contributed by atoms with Gasteiger partial charge in [-0.25, -0.2) is 4.98 Å². The predicted molar refractivity (Wildman–Crippen MR) is 70.5 cm³/mol. The summed E-state index contributed by atoms with van der Waals surface area (Å²) in [6, 6.07) is 5.41. The van der Waals surface area contributed by atoms with Crippen molar-refractivity contribution in [2.45, 2.75) is 25.7 Å². The molecule has 0 saturated heterocycles. The van der Waals surface area contributed by atoms with E-state index in [1.54, 1.807) is 18.3 Å². The van der Waals surface area contributed by atoms with Crippen molar-refractivity contribution in [3.63, 3.8) is 0 Å². The molecule has 1 fully saturated rings. The Balaban J connectivity index is 1.92. The molecule has 19 heavy (non-hydrogen) atoms. The van der Waals surface area contributed by atoms with Crippen LogP contribution < -0.4 is 5.32 Å². The van der Waals surface area contributed by atoms with Crippen LogP contribution in [0.3, 0.4) is 0 Å². The summed E-state index contributed by atoms with van der Waals surface area (Å²) in [5, 5.41) is 21.1. The summed E-state index contributed by atoms with van der Waals surface area (Å²) in [6.07, 6.45) is 5.44.